The smallest absolute Gasteiger partial charge is 0.336 e. The second kappa shape index (κ2) is 9.46. The number of rotatable bonds is 5. The average molecular weight is 441 g/mol. The Labute approximate surface area is 190 Å². The number of thioether (sulfide) groups is 1. The molecule has 0 radical (unpaired) electrons. The van der Waals surface area contributed by atoms with Gasteiger partial charge in [0.25, 0.3) is 0 Å². The quantitative estimate of drug-likeness (QED) is 0.253. The van der Waals surface area contributed by atoms with Crippen LogP contribution >= 0.6 is 11.8 Å². The van der Waals surface area contributed by atoms with Gasteiger partial charge in [-0.25, -0.2) is 4.79 Å². The summed E-state index contributed by atoms with van der Waals surface area (Å²) in [4.78, 5) is 13.4. The van der Waals surface area contributed by atoms with Crippen molar-refractivity contribution in [2.45, 2.75) is 10.8 Å². The largest absolute Gasteiger partial charge is 0.440 e. The first-order chi connectivity index (χ1) is 15.6. The molecule has 2 N–H and O–H groups in total. The molecule has 0 amide bonds. The molecule has 1 heterocycles. The molecule has 0 saturated heterocycles. The van der Waals surface area contributed by atoms with E-state index in [1.165, 1.54) is 6.08 Å². The summed E-state index contributed by atoms with van der Waals surface area (Å²) < 4.78 is 11.1. The van der Waals surface area contributed by atoms with Crippen LogP contribution < -0.4 is 15.2 Å². The summed E-state index contributed by atoms with van der Waals surface area (Å²) in [5, 5.41) is 9.70. The second-order valence-electron chi connectivity index (χ2n) is 7.06. The van der Waals surface area contributed by atoms with Crippen LogP contribution in [-0.2, 0) is 4.79 Å². The number of nitriles is 1. The first-order valence-corrected chi connectivity index (χ1v) is 11.1. The Morgan fingerprint density at radius 1 is 1.12 bits per heavy atom. The number of carbonyl (C=O) groups is 1. The van der Waals surface area contributed by atoms with Crippen LogP contribution in [0.15, 0.2) is 95.2 Å². The third-order valence-electron chi connectivity index (χ3n) is 5.07. The van der Waals surface area contributed by atoms with Crippen LogP contribution in [-0.4, -0.2) is 12.2 Å². The van der Waals surface area contributed by atoms with Crippen molar-refractivity contribution in [3.05, 3.63) is 107 Å². The topological polar surface area (TPSA) is 85.3 Å². The number of nitrogens with two attached hydrogens (primary N) is 1. The van der Waals surface area contributed by atoms with E-state index in [-0.39, 0.29) is 11.8 Å². The highest BCUT2D eigenvalue weighted by Gasteiger charge is 2.31. The van der Waals surface area contributed by atoms with Crippen molar-refractivity contribution >= 4 is 23.8 Å². The van der Waals surface area contributed by atoms with E-state index in [4.69, 9.17) is 15.2 Å². The van der Waals surface area contributed by atoms with Gasteiger partial charge in [-0.1, -0.05) is 48.5 Å². The van der Waals surface area contributed by atoms with Crippen LogP contribution in [0.2, 0.25) is 0 Å². The monoisotopic (exact) mass is 440 g/mol. The van der Waals surface area contributed by atoms with Crippen LogP contribution in [0.5, 0.6) is 11.5 Å². The normalized spacial score (nSPS) is 15.1. The van der Waals surface area contributed by atoms with E-state index in [1.807, 2.05) is 60.9 Å². The van der Waals surface area contributed by atoms with Crippen molar-refractivity contribution in [2.75, 3.05) is 6.26 Å². The molecule has 1 unspecified atom stereocenters. The molecule has 0 fully saturated rings. The fourth-order valence-corrected chi connectivity index (χ4v) is 3.93. The van der Waals surface area contributed by atoms with Gasteiger partial charge in [0.2, 0.25) is 5.88 Å². The number of allylic oxidation sites excluding steroid dienone is 1. The lowest BCUT2D eigenvalue weighted by Gasteiger charge is -2.26. The molecule has 0 spiro atoms. The summed E-state index contributed by atoms with van der Waals surface area (Å²) in [5.41, 5.74) is 9.03. The maximum Gasteiger partial charge on any atom is 0.336 e. The number of hydrogen-bond acceptors (Lipinski definition) is 6. The maximum absolute atomic E-state index is 12.2. The standard InChI is InChI=1S/C26H20N2O3S/c1-32-20-11-8-18(9-12-20)25-21-13-10-19(15-23(21)31-26(28)22(25)16-27)30-24(29)14-7-17-5-3-2-4-6-17/h2-15,25H,28H2,1H3. The van der Waals surface area contributed by atoms with Gasteiger partial charge < -0.3 is 15.2 Å². The lowest BCUT2D eigenvalue weighted by atomic mass is 9.83. The van der Waals surface area contributed by atoms with Gasteiger partial charge in [0.05, 0.1) is 5.92 Å². The van der Waals surface area contributed by atoms with Gasteiger partial charge in [-0.2, -0.15) is 5.26 Å². The van der Waals surface area contributed by atoms with Gasteiger partial charge >= 0.3 is 5.97 Å². The van der Waals surface area contributed by atoms with E-state index in [2.05, 4.69) is 6.07 Å². The number of ether oxygens (including phenoxy) is 2. The highest BCUT2D eigenvalue weighted by atomic mass is 32.2. The van der Waals surface area contributed by atoms with Gasteiger partial charge in [0.15, 0.2) is 0 Å². The Bertz CT molecular complexity index is 1240. The van der Waals surface area contributed by atoms with Crippen LogP contribution in [0.3, 0.4) is 0 Å². The summed E-state index contributed by atoms with van der Waals surface area (Å²) in [6.45, 7) is 0. The highest BCUT2D eigenvalue weighted by Crippen LogP contribution is 2.43. The number of nitrogens with zero attached hydrogens (tertiary/aromatic N) is 1. The van der Waals surface area contributed by atoms with Crippen LogP contribution in [0.1, 0.15) is 22.6 Å². The van der Waals surface area contributed by atoms with Gasteiger partial charge in [-0.3, -0.25) is 0 Å². The predicted molar refractivity (Wildman–Crippen MR) is 125 cm³/mol. The Morgan fingerprint density at radius 2 is 1.88 bits per heavy atom. The van der Waals surface area contributed by atoms with Crippen molar-refractivity contribution in [3.8, 4) is 17.6 Å². The van der Waals surface area contributed by atoms with Crippen molar-refractivity contribution in [1.82, 2.24) is 0 Å². The number of benzene rings is 3. The van der Waals surface area contributed by atoms with E-state index >= 15 is 0 Å². The Hall–Kier alpha value is -3.95. The fourth-order valence-electron chi connectivity index (χ4n) is 3.52. The van der Waals surface area contributed by atoms with E-state index in [0.717, 1.165) is 21.6 Å². The van der Waals surface area contributed by atoms with E-state index in [1.54, 1.807) is 36.0 Å². The van der Waals surface area contributed by atoms with Crippen LogP contribution in [0.4, 0.5) is 0 Å². The minimum atomic E-state index is -0.505. The van der Waals surface area contributed by atoms with Crippen LogP contribution in [0.25, 0.3) is 6.08 Å². The fraction of sp³-hybridized carbons (Fsp3) is 0.0769. The molecule has 1 atom stereocenters. The van der Waals surface area contributed by atoms with Gasteiger partial charge in [-0.15, -0.1) is 11.8 Å². The summed E-state index contributed by atoms with van der Waals surface area (Å²) in [7, 11) is 0. The molecule has 32 heavy (non-hydrogen) atoms. The van der Waals surface area contributed by atoms with E-state index < -0.39 is 5.97 Å². The summed E-state index contributed by atoms with van der Waals surface area (Å²) in [6.07, 6.45) is 5.06. The lowest BCUT2D eigenvalue weighted by molar-refractivity contribution is -0.128. The Balaban J connectivity index is 1.60. The molecule has 1 aliphatic rings. The first-order valence-electron chi connectivity index (χ1n) is 9.89. The molecule has 0 aromatic heterocycles. The molecule has 6 heteroatoms. The minimum Gasteiger partial charge on any atom is -0.440 e. The lowest BCUT2D eigenvalue weighted by Crippen LogP contribution is -2.21. The van der Waals surface area contributed by atoms with Crippen molar-refractivity contribution in [2.24, 2.45) is 5.73 Å². The first kappa shape index (κ1) is 21.3. The molecule has 3 aromatic rings. The second-order valence-corrected chi connectivity index (χ2v) is 7.94. The molecule has 0 bridgehead atoms. The van der Waals surface area contributed by atoms with E-state index in [9.17, 15) is 10.1 Å². The molecule has 0 aliphatic carbocycles. The summed E-state index contributed by atoms with van der Waals surface area (Å²) in [5.74, 6) is -0.0299. The molecule has 4 rings (SSSR count). The Kier molecular flexibility index (Phi) is 6.29. The number of esters is 1. The van der Waals surface area contributed by atoms with Gasteiger partial charge in [0.1, 0.15) is 23.1 Å². The van der Waals surface area contributed by atoms with Gasteiger partial charge in [-0.05, 0) is 41.7 Å². The highest BCUT2D eigenvalue weighted by molar-refractivity contribution is 7.98. The molecular formula is C26H20N2O3S. The number of carbonyl (C=O) groups excluding carboxylic acids is 1. The minimum absolute atomic E-state index is 0.0476. The third kappa shape index (κ3) is 4.53. The van der Waals surface area contributed by atoms with Crippen molar-refractivity contribution in [1.29, 1.82) is 5.26 Å². The third-order valence-corrected chi connectivity index (χ3v) is 5.81. The molecule has 1 aliphatic heterocycles. The van der Waals surface area contributed by atoms with Crippen LogP contribution in [0, 0.1) is 11.3 Å². The number of fused-ring (bicyclic) bond motifs is 1. The zero-order valence-electron chi connectivity index (χ0n) is 17.3. The van der Waals surface area contributed by atoms with Crippen molar-refractivity contribution in [3.63, 3.8) is 0 Å². The summed E-state index contributed by atoms with van der Waals surface area (Å²) in [6, 6.07) is 24.8. The molecule has 5 nitrogen and oxygen atoms in total. The average Bonchev–Trinajstić information content (AvgIpc) is 2.82. The molecule has 158 valence electrons. The van der Waals surface area contributed by atoms with Crippen molar-refractivity contribution < 1.29 is 14.3 Å². The molecular weight excluding hydrogens is 420 g/mol. The number of hydrogen-bond donors (Lipinski definition) is 1. The molecule has 3 aromatic carbocycles. The zero-order chi connectivity index (χ0) is 22.5. The SMILES string of the molecule is CSc1ccc(C2C(C#N)=C(N)Oc3cc(OC(=O)C=Cc4ccccc4)ccc32)cc1. The summed E-state index contributed by atoms with van der Waals surface area (Å²) >= 11 is 1.65. The van der Waals surface area contributed by atoms with E-state index in [0.29, 0.717) is 17.1 Å². The molecule has 0 saturated carbocycles. The predicted octanol–water partition coefficient (Wildman–Crippen LogP) is 5.25. The zero-order valence-corrected chi connectivity index (χ0v) is 18.1. The van der Waals surface area contributed by atoms with Gasteiger partial charge in [0, 0.05) is 22.6 Å². The Morgan fingerprint density at radius 3 is 2.56 bits per heavy atom. The maximum atomic E-state index is 12.2.